The van der Waals surface area contributed by atoms with Gasteiger partial charge < -0.3 is 19.8 Å². The Morgan fingerprint density at radius 3 is 2.81 bits per heavy atom. The fraction of sp³-hybridized carbons (Fsp3) is 0.375. The normalized spacial score (nSPS) is 17.8. The average Bonchev–Trinajstić information content (AvgIpc) is 3.06. The summed E-state index contributed by atoms with van der Waals surface area (Å²) < 4.78 is 12.3. The number of rotatable bonds is 5. The number of aromatic nitrogens is 1. The topological polar surface area (TPSA) is 109 Å². The number of amides is 1. The van der Waals surface area contributed by atoms with E-state index in [1.165, 1.54) is 4.57 Å². The standard InChI is InChI=1S/C24H26N4O4/c1-28-20-13-18(8-9-21(20)32-24(28)30)17-6-4-16(5-7-17)12-19(14-25)27-23(29)22-15-26-10-2-3-11-31-22/h4-9,13,19,22,26H,2-3,10-12,15H2,1H3,(H,27,29). The van der Waals surface area contributed by atoms with Crippen LogP contribution in [0, 0.1) is 11.3 Å². The maximum atomic E-state index is 12.5. The minimum absolute atomic E-state index is 0.262. The van der Waals surface area contributed by atoms with E-state index in [9.17, 15) is 14.9 Å². The van der Waals surface area contributed by atoms with Crippen LogP contribution < -0.4 is 16.4 Å². The summed E-state index contributed by atoms with van der Waals surface area (Å²) in [5.74, 6) is -0.653. The molecule has 0 aliphatic carbocycles. The van der Waals surface area contributed by atoms with Gasteiger partial charge >= 0.3 is 5.76 Å². The highest BCUT2D eigenvalue weighted by molar-refractivity contribution is 5.82. The van der Waals surface area contributed by atoms with Crippen molar-refractivity contribution in [3.05, 3.63) is 58.6 Å². The van der Waals surface area contributed by atoms with E-state index in [0.29, 0.717) is 25.2 Å². The SMILES string of the molecule is Cn1c(=O)oc2ccc(-c3ccc(CC(C#N)NC(=O)C4CNCCCCO4)cc3)cc21. The first-order valence-electron chi connectivity index (χ1n) is 10.8. The van der Waals surface area contributed by atoms with Gasteiger partial charge in [-0.15, -0.1) is 0 Å². The van der Waals surface area contributed by atoms with Crippen LogP contribution in [0.2, 0.25) is 0 Å². The molecule has 2 heterocycles. The van der Waals surface area contributed by atoms with Crippen molar-refractivity contribution >= 4 is 17.0 Å². The molecule has 0 spiro atoms. The van der Waals surface area contributed by atoms with Crippen LogP contribution in [-0.4, -0.2) is 42.3 Å². The number of oxazole rings is 1. The first kappa shape index (κ1) is 21.8. The lowest BCUT2D eigenvalue weighted by Gasteiger charge is -2.22. The van der Waals surface area contributed by atoms with Crippen molar-refractivity contribution in [2.75, 3.05) is 19.7 Å². The van der Waals surface area contributed by atoms with E-state index >= 15 is 0 Å². The third-order valence-electron chi connectivity index (χ3n) is 5.68. The third kappa shape index (κ3) is 4.90. The zero-order chi connectivity index (χ0) is 22.5. The molecular weight excluding hydrogens is 408 g/mol. The predicted molar refractivity (Wildman–Crippen MR) is 120 cm³/mol. The van der Waals surface area contributed by atoms with E-state index < -0.39 is 17.9 Å². The minimum atomic E-state index is -0.640. The Morgan fingerprint density at radius 1 is 1.25 bits per heavy atom. The van der Waals surface area contributed by atoms with E-state index in [1.54, 1.807) is 13.1 Å². The predicted octanol–water partition coefficient (Wildman–Crippen LogP) is 2.12. The number of nitrogens with one attached hydrogen (secondary N) is 2. The molecule has 2 aromatic carbocycles. The molecule has 1 fully saturated rings. The molecule has 8 heteroatoms. The lowest BCUT2D eigenvalue weighted by Crippen LogP contribution is -2.47. The van der Waals surface area contributed by atoms with E-state index in [-0.39, 0.29) is 5.91 Å². The van der Waals surface area contributed by atoms with Crippen molar-refractivity contribution in [1.29, 1.82) is 5.26 Å². The fourth-order valence-corrected chi connectivity index (χ4v) is 3.81. The van der Waals surface area contributed by atoms with Gasteiger partial charge in [-0.3, -0.25) is 9.36 Å². The number of ether oxygens (including phenoxy) is 1. The molecule has 0 radical (unpaired) electrons. The van der Waals surface area contributed by atoms with E-state index in [2.05, 4.69) is 16.7 Å². The van der Waals surface area contributed by atoms with Crippen molar-refractivity contribution < 1.29 is 13.9 Å². The van der Waals surface area contributed by atoms with Crippen LogP contribution in [0.4, 0.5) is 0 Å². The lowest BCUT2D eigenvalue weighted by molar-refractivity contribution is -0.133. The molecule has 166 valence electrons. The van der Waals surface area contributed by atoms with Crippen molar-refractivity contribution in [1.82, 2.24) is 15.2 Å². The second-order valence-electron chi connectivity index (χ2n) is 7.97. The van der Waals surface area contributed by atoms with Crippen molar-refractivity contribution in [3.63, 3.8) is 0 Å². The number of carbonyl (C=O) groups excluding carboxylic acids is 1. The highest BCUT2D eigenvalue weighted by Crippen LogP contribution is 2.24. The fourth-order valence-electron chi connectivity index (χ4n) is 3.81. The summed E-state index contributed by atoms with van der Waals surface area (Å²) in [6.45, 7) is 1.87. The molecule has 1 aromatic heterocycles. The largest absolute Gasteiger partial charge is 0.419 e. The Balaban J connectivity index is 1.42. The first-order chi connectivity index (χ1) is 15.5. The number of benzene rings is 2. The molecule has 1 amide bonds. The van der Waals surface area contributed by atoms with Crippen LogP contribution in [-0.2, 0) is 23.0 Å². The molecule has 1 saturated heterocycles. The van der Waals surface area contributed by atoms with Crippen molar-refractivity contribution in [2.24, 2.45) is 7.05 Å². The van der Waals surface area contributed by atoms with Crippen molar-refractivity contribution in [2.45, 2.75) is 31.4 Å². The summed E-state index contributed by atoms with van der Waals surface area (Å²) in [6.07, 6.45) is 1.76. The van der Waals surface area contributed by atoms with Gasteiger partial charge in [0.2, 0.25) is 0 Å². The molecular formula is C24H26N4O4. The molecule has 2 N–H and O–H groups in total. The van der Waals surface area contributed by atoms with Crippen LogP contribution in [0.5, 0.6) is 0 Å². The number of nitrogens with zero attached hydrogens (tertiary/aromatic N) is 2. The van der Waals surface area contributed by atoms with Gasteiger partial charge in [-0.25, -0.2) is 4.79 Å². The lowest BCUT2D eigenvalue weighted by atomic mass is 10.0. The van der Waals surface area contributed by atoms with Crippen LogP contribution in [0.15, 0.2) is 51.7 Å². The number of aryl methyl sites for hydroxylation is 1. The van der Waals surface area contributed by atoms with Gasteiger partial charge in [-0.05, 0) is 48.2 Å². The molecule has 2 unspecified atom stereocenters. The summed E-state index contributed by atoms with van der Waals surface area (Å²) in [5.41, 5.74) is 4.16. The summed E-state index contributed by atoms with van der Waals surface area (Å²) in [7, 11) is 1.68. The zero-order valence-corrected chi connectivity index (χ0v) is 18.0. The number of hydrogen-bond acceptors (Lipinski definition) is 6. The maximum Gasteiger partial charge on any atom is 0.419 e. The Hall–Kier alpha value is -3.41. The molecule has 1 aliphatic rings. The van der Waals surface area contributed by atoms with E-state index in [1.807, 2.05) is 36.4 Å². The zero-order valence-electron chi connectivity index (χ0n) is 18.0. The number of hydrogen-bond donors (Lipinski definition) is 2. The quantitative estimate of drug-likeness (QED) is 0.637. The molecule has 0 bridgehead atoms. The third-order valence-corrected chi connectivity index (χ3v) is 5.68. The average molecular weight is 434 g/mol. The van der Waals surface area contributed by atoms with Crippen molar-refractivity contribution in [3.8, 4) is 17.2 Å². The number of fused-ring (bicyclic) bond motifs is 1. The summed E-state index contributed by atoms with van der Waals surface area (Å²) in [6, 6.07) is 15.0. The molecule has 4 rings (SSSR count). The second-order valence-corrected chi connectivity index (χ2v) is 7.97. The summed E-state index contributed by atoms with van der Waals surface area (Å²) in [5, 5.41) is 15.5. The van der Waals surface area contributed by atoms with Gasteiger partial charge in [-0.1, -0.05) is 30.3 Å². The molecule has 1 aliphatic heterocycles. The molecule has 0 saturated carbocycles. The molecule has 2 atom stereocenters. The van der Waals surface area contributed by atoms with Crippen LogP contribution in [0.3, 0.4) is 0 Å². The van der Waals surface area contributed by atoms with Crippen LogP contribution >= 0.6 is 0 Å². The van der Waals surface area contributed by atoms with Gasteiger partial charge in [0.25, 0.3) is 5.91 Å². The van der Waals surface area contributed by atoms with Crippen LogP contribution in [0.1, 0.15) is 18.4 Å². The summed E-state index contributed by atoms with van der Waals surface area (Å²) in [4.78, 5) is 24.2. The minimum Gasteiger partial charge on any atom is -0.408 e. The smallest absolute Gasteiger partial charge is 0.408 e. The number of carbonyl (C=O) groups is 1. The Morgan fingerprint density at radius 2 is 2.03 bits per heavy atom. The van der Waals surface area contributed by atoms with Crippen LogP contribution in [0.25, 0.3) is 22.2 Å². The Kier molecular flexibility index (Phi) is 6.69. The highest BCUT2D eigenvalue weighted by atomic mass is 16.5. The van der Waals surface area contributed by atoms with Gasteiger partial charge in [0, 0.05) is 26.6 Å². The Bertz CT molecular complexity index is 1180. The number of nitriles is 1. The molecule has 8 nitrogen and oxygen atoms in total. The van der Waals surface area contributed by atoms with Gasteiger partial charge in [0.15, 0.2) is 5.58 Å². The highest BCUT2D eigenvalue weighted by Gasteiger charge is 2.23. The first-order valence-corrected chi connectivity index (χ1v) is 10.8. The van der Waals surface area contributed by atoms with Gasteiger partial charge in [-0.2, -0.15) is 5.26 Å². The van der Waals surface area contributed by atoms with Gasteiger partial charge in [0.05, 0.1) is 11.6 Å². The summed E-state index contributed by atoms with van der Waals surface area (Å²) >= 11 is 0. The molecule has 32 heavy (non-hydrogen) atoms. The Labute approximate surface area is 185 Å². The molecule has 3 aromatic rings. The van der Waals surface area contributed by atoms with Gasteiger partial charge in [0.1, 0.15) is 12.1 Å². The van der Waals surface area contributed by atoms with E-state index in [0.717, 1.165) is 41.6 Å². The monoisotopic (exact) mass is 434 g/mol. The maximum absolute atomic E-state index is 12.5. The van der Waals surface area contributed by atoms with E-state index in [4.69, 9.17) is 9.15 Å². The second kappa shape index (κ2) is 9.81.